The lowest BCUT2D eigenvalue weighted by atomic mass is 9.93. The summed E-state index contributed by atoms with van der Waals surface area (Å²) in [6.07, 6.45) is 6.16. The number of nitrogens with zero attached hydrogens (tertiary/aromatic N) is 3. The van der Waals surface area contributed by atoms with Gasteiger partial charge in [-0.1, -0.05) is 0 Å². The lowest BCUT2D eigenvalue weighted by Gasteiger charge is -2.33. The van der Waals surface area contributed by atoms with E-state index in [0.29, 0.717) is 42.4 Å². The predicted molar refractivity (Wildman–Crippen MR) is 106 cm³/mol. The van der Waals surface area contributed by atoms with Gasteiger partial charge < -0.3 is 14.4 Å². The second-order valence-electron chi connectivity index (χ2n) is 7.97. The molecule has 5 nitrogen and oxygen atoms in total. The summed E-state index contributed by atoms with van der Waals surface area (Å²) in [6.45, 7) is 2.89. The van der Waals surface area contributed by atoms with Crippen LogP contribution in [0.2, 0.25) is 0 Å². The van der Waals surface area contributed by atoms with Crippen molar-refractivity contribution in [3.05, 3.63) is 35.5 Å². The molecule has 1 aliphatic heterocycles. The normalized spacial score (nSPS) is 17.8. The maximum absolute atomic E-state index is 14.9. The van der Waals surface area contributed by atoms with E-state index in [1.165, 1.54) is 12.1 Å². The van der Waals surface area contributed by atoms with Gasteiger partial charge in [0.2, 0.25) is 0 Å². The minimum atomic E-state index is -0.605. The molecule has 0 N–H and O–H groups in total. The molecular formula is C22H25F2N3O2. The summed E-state index contributed by atoms with van der Waals surface area (Å²) in [7, 11) is 0. The fourth-order valence-electron chi connectivity index (χ4n) is 3.92. The largest absolute Gasteiger partial charge is 0.460 e. The number of piperidine rings is 1. The van der Waals surface area contributed by atoms with Crippen LogP contribution in [0.3, 0.4) is 0 Å². The van der Waals surface area contributed by atoms with Crippen molar-refractivity contribution in [3.63, 3.8) is 0 Å². The van der Waals surface area contributed by atoms with Crippen LogP contribution in [-0.2, 0) is 4.79 Å². The van der Waals surface area contributed by atoms with Gasteiger partial charge in [-0.2, -0.15) is 4.98 Å². The van der Waals surface area contributed by atoms with Crippen molar-refractivity contribution in [2.75, 3.05) is 18.0 Å². The molecule has 0 bridgehead atoms. The number of aromatic nitrogens is 2. The molecule has 0 radical (unpaired) electrons. The zero-order valence-electron chi connectivity index (χ0n) is 16.5. The van der Waals surface area contributed by atoms with Crippen molar-refractivity contribution in [2.45, 2.75) is 51.6 Å². The number of anilines is 1. The van der Waals surface area contributed by atoms with Gasteiger partial charge in [0.25, 0.3) is 0 Å². The molecule has 0 spiro atoms. The predicted octanol–water partition coefficient (Wildman–Crippen LogP) is 4.47. The van der Waals surface area contributed by atoms with Crippen molar-refractivity contribution >= 4 is 12.0 Å². The maximum Gasteiger partial charge on any atom is 0.317 e. The molecule has 1 saturated heterocycles. The van der Waals surface area contributed by atoms with E-state index in [1.807, 2.05) is 6.92 Å². The van der Waals surface area contributed by atoms with E-state index in [1.54, 1.807) is 11.0 Å². The summed E-state index contributed by atoms with van der Waals surface area (Å²) in [5.74, 6) is -0.912. The van der Waals surface area contributed by atoms with Crippen LogP contribution in [0.15, 0.2) is 18.2 Å². The highest BCUT2D eigenvalue weighted by Gasteiger charge is 2.25. The summed E-state index contributed by atoms with van der Waals surface area (Å²) in [6, 6.07) is 4.61. The van der Waals surface area contributed by atoms with Gasteiger partial charge >= 0.3 is 6.01 Å². The molecule has 1 saturated carbocycles. The van der Waals surface area contributed by atoms with E-state index in [0.717, 1.165) is 38.4 Å². The third-order valence-corrected chi connectivity index (χ3v) is 5.83. The molecule has 2 fully saturated rings. The van der Waals surface area contributed by atoms with Crippen LogP contribution in [0.1, 0.15) is 44.2 Å². The van der Waals surface area contributed by atoms with Crippen molar-refractivity contribution < 1.29 is 18.3 Å². The molecule has 1 aromatic heterocycles. The van der Waals surface area contributed by atoms with Crippen LogP contribution in [0.4, 0.5) is 14.5 Å². The molecule has 7 heteroatoms. The fourth-order valence-corrected chi connectivity index (χ4v) is 3.92. The van der Waals surface area contributed by atoms with Crippen molar-refractivity contribution in [1.29, 1.82) is 0 Å². The molecule has 2 heterocycles. The van der Waals surface area contributed by atoms with Crippen LogP contribution < -0.4 is 9.64 Å². The standard InChI is InChI=1S/C22H25F2N3O2/c1-14-11-20(26-22(25-14)29-17-3-2-4-17)16-12-18(23)21(19(24)13-16)27-8-5-15(6-9-27)7-10-28/h10-13,15,17H,2-9H2,1H3. The van der Waals surface area contributed by atoms with Crippen LogP contribution in [0.25, 0.3) is 11.3 Å². The Morgan fingerprint density at radius 3 is 2.38 bits per heavy atom. The molecule has 1 aliphatic carbocycles. The van der Waals surface area contributed by atoms with Gasteiger partial charge in [-0.15, -0.1) is 0 Å². The van der Waals surface area contributed by atoms with Gasteiger partial charge in [0.15, 0.2) is 0 Å². The second-order valence-corrected chi connectivity index (χ2v) is 7.97. The first-order valence-corrected chi connectivity index (χ1v) is 10.2. The Morgan fingerprint density at radius 2 is 1.79 bits per heavy atom. The number of ether oxygens (including phenoxy) is 1. The molecule has 0 amide bonds. The van der Waals surface area contributed by atoms with Gasteiger partial charge in [-0.3, -0.25) is 0 Å². The highest BCUT2D eigenvalue weighted by molar-refractivity contribution is 5.65. The van der Waals surface area contributed by atoms with Crippen molar-refractivity contribution in [1.82, 2.24) is 9.97 Å². The van der Waals surface area contributed by atoms with Crippen LogP contribution in [0, 0.1) is 24.5 Å². The molecule has 0 unspecified atom stereocenters. The molecular weight excluding hydrogens is 376 g/mol. The highest BCUT2D eigenvalue weighted by Crippen LogP contribution is 2.33. The van der Waals surface area contributed by atoms with Gasteiger partial charge in [0.05, 0.1) is 5.69 Å². The number of aryl methyl sites for hydroxylation is 1. The summed E-state index contributed by atoms with van der Waals surface area (Å²) in [4.78, 5) is 21.1. The summed E-state index contributed by atoms with van der Waals surface area (Å²) < 4.78 is 35.5. The Kier molecular flexibility index (Phi) is 5.74. The first kappa shape index (κ1) is 19.7. The van der Waals surface area contributed by atoms with E-state index in [4.69, 9.17) is 4.74 Å². The number of carbonyl (C=O) groups excluding carboxylic acids is 1. The van der Waals surface area contributed by atoms with Gasteiger partial charge in [-0.25, -0.2) is 13.8 Å². The van der Waals surface area contributed by atoms with Gasteiger partial charge in [0.1, 0.15) is 29.7 Å². The van der Waals surface area contributed by atoms with Crippen molar-refractivity contribution in [3.8, 4) is 17.3 Å². The monoisotopic (exact) mass is 401 g/mol. The lowest BCUT2D eigenvalue weighted by Crippen LogP contribution is -2.35. The van der Waals surface area contributed by atoms with E-state index >= 15 is 0 Å². The highest BCUT2D eigenvalue weighted by atomic mass is 19.1. The van der Waals surface area contributed by atoms with E-state index in [2.05, 4.69) is 9.97 Å². The molecule has 0 atom stereocenters. The first-order chi connectivity index (χ1) is 14.0. The smallest absolute Gasteiger partial charge is 0.317 e. The number of carbonyl (C=O) groups is 1. The average molecular weight is 401 g/mol. The minimum absolute atomic E-state index is 0.00461. The molecule has 1 aromatic carbocycles. The van der Waals surface area contributed by atoms with Crippen molar-refractivity contribution in [2.24, 2.45) is 5.92 Å². The lowest BCUT2D eigenvalue weighted by molar-refractivity contribution is -0.108. The van der Waals surface area contributed by atoms with Crippen LogP contribution in [-0.4, -0.2) is 35.4 Å². The number of hydrogen-bond donors (Lipinski definition) is 0. The minimum Gasteiger partial charge on any atom is -0.460 e. The Hall–Kier alpha value is -2.57. The zero-order valence-corrected chi connectivity index (χ0v) is 16.5. The molecule has 2 aromatic rings. The molecule has 154 valence electrons. The second kappa shape index (κ2) is 8.43. The number of aldehydes is 1. The fraction of sp³-hybridized carbons (Fsp3) is 0.500. The van der Waals surface area contributed by atoms with Crippen LogP contribution in [0.5, 0.6) is 6.01 Å². The van der Waals surface area contributed by atoms with E-state index in [9.17, 15) is 13.6 Å². The number of halogens is 2. The Labute approximate surface area is 169 Å². The molecule has 4 rings (SSSR count). The Bertz CT molecular complexity index is 871. The average Bonchev–Trinajstić information content (AvgIpc) is 2.65. The SMILES string of the molecule is Cc1cc(-c2cc(F)c(N3CCC(CC=O)CC3)c(F)c2)nc(OC2CCC2)n1. The Morgan fingerprint density at radius 1 is 1.10 bits per heavy atom. The van der Waals surface area contributed by atoms with Crippen LogP contribution >= 0.6 is 0 Å². The van der Waals surface area contributed by atoms with Gasteiger partial charge in [-0.05, 0) is 63.1 Å². The Balaban J connectivity index is 1.56. The number of benzene rings is 1. The maximum atomic E-state index is 14.9. The summed E-state index contributed by atoms with van der Waals surface area (Å²) in [5.41, 5.74) is 1.49. The molecule has 29 heavy (non-hydrogen) atoms. The third kappa shape index (κ3) is 4.38. The van der Waals surface area contributed by atoms with E-state index in [-0.39, 0.29) is 17.8 Å². The number of rotatable bonds is 6. The molecule has 2 aliphatic rings. The van der Waals surface area contributed by atoms with E-state index < -0.39 is 11.6 Å². The van der Waals surface area contributed by atoms with Gasteiger partial charge in [0, 0.05) is 30.8 Å². The number of hydrogen-bond acceptors (Lipinski definition) is 5. The zero-order chi connectivity index (χ0) is 20.4. The first-order valence-electron chi connectivity index (χ1n) is 10.2. The topological polar surface area (TPSA) is 55.3 Å². The summed E-state index contributed by atoms with van der Waals surface area (Å²) >= 11 is 0. The summed E-state index contributed by atoms with van der Waals surface area (Å²) in [5, 5.41) is 0. The third-order valence-electron chi connectivity index (χ3n) is 5.83. The quantitative estimate of drug-likeness (QED) is 0.669.